The quantitative estimate of drug-likeness (QED) is 0.181. The number of benzene rings is 2. The van der Waals surface area contributed by atoms with Gasteiger partial charge in [-0.25, -0.2) is 0 Å². The molecular formula is C26H20N4O3S2. The zero-order valence-corrected chi connectivity index (χ0v) is 20.5. The zero-order chi connectivity index (χ0) is 24.9. The molecule has 1 amide bonds. The van der Waals surface area contributed by atoms with Crippen LogP contribution in [0.4, 0.5) is 10.7 Å². The molecule has 1 heterocycles. The highest BCUT2D eigenvalue weighted by Crippen LogP contribution is 2.38. The molecule has 0 atom stereocenters. The number of carbonyl (C=O) groups excluding carboxylic acids is 1. The maximum absolute atomic E-state index is 13.0. The molecule has 0 saturated heterocycles. The smallest absolute Gasteiger partial charge is 0.270 e. The van der Waals surface area contributed by atoms with Gasteiger partial charge >= 0.3 is 0 Å². The second-order valence-electron chi connectivity index (χ2n) is 8.05. The zero-order valence-electron chi connectivity index (χ0n) is 18.8. The Kier molecular flexibility index (Phi) is 7.31. The average molecular weight is 501 g/mol. The van der Waals surface area contributed by atoms with Gasteiger partial charge in [-0.2, -0.15) is 10.5 Å². The van der Waals surface area contributed by atoms with E-state index in [1.807, 2.05) is 37.3 Å². The monoisotopic (exact) mass is 500 g/mol. The van der Waals surface area contributed by atoms with Crippen LogP contribution in [0.3, 0.4) is 0 Å². The molecule has 0 saturated carbocycles. The SMILES string of the molecule is Cc1ccc(Sc2ccc([N+](=O)[O-])cc2/C=C(/C#N)C(=O)Nc2sc3c(c2C#N)CCCC3)cc1. The number of nitrogens with one attached hydrogen (secondary N) is 1. The van der Waals surface area contributed by atoms with Crippen LogP contribution in [-0.2, 0) is 17.6 Å². The summed E-state index contributed by atoms with van der Waals surface area (Å²) in [7, 11) is 0. The molecule has 0 unspecified atom stereocenters. The van der Waals surface area contributed by atoms with Crippen molar-refractivity contribution in [2.75, 3.05) is 5.32 Å². The molecule has 7 nitrogen and oxygen atoms in total. The molecule has 9 heteroatoms. The van der Waals surface area contributed by atoms with Gasteiger partial charge in [0.05, 0.1) is 10.5 Å². The summed E-state index contributed by atoms with van der Waals surface area (Å²) in [5.74, 6) is -0.652. The van der Waals surface area contributed by atoms with Crippen LogP contribution >= 0.6 is 23.1 Å². The molecular weight excluding hydrogens is 480 g/mol. The molecule has 35 heavy (non-hydrogen) atoms. The van der Waals surface area contributed by atoms with Crippen molar-refractivity contribution < 1.29 is 9.72 Å². The Morgan fingerprint density at radius 1 is 1.17 bits per heavy atom. The molecule has 1 aromatic heterocycles. The van der Waals surface area contributed by atoms with Crippen LogP contribution in [0.1, 0.15) is 40.0 Å². The standard InChI is InChI=1S/C26H20N4O3S2/c1-16-6-9-20(10-7-16)34-23-11-8-19(30(32)33)13-17(23)12-18(14-27)25(31)29-26-22(15-28)21-4-2-3-5-24(21)35-26/h6-13H,2-5H2,1H3,(H,29,31)/b18-12-. The van der Waals surface area contributed by atoms with Gasteiger partial charge in [0.25, 0.3) is 11.6 Å². The number of non-ortho nitro benzene ring substituents is 1. The molecule has 3 aromatic rings. The number of nitrogens with zero attached hydrogens (tertiary/aromatic N) is 3. The molecule has 0 bridgehead atoms. The van der Waals surface area contributed by atoms with E-state index in [1.165, 1.54) is 41.3 Å². The minimum atomic E-state index is -0.652. The van der Waals surface area contributed by atoms with Crippen LogP contribution in [0, 0.1) is 39.7 Å². The van der Waals surface area contributed by atoms with Gasteiger partial charge in [0.15, 0.2) is 0 Å². The first-order valence-corrected chi connectivity index (χ1v) is 12.5. The number of nitro groups is 1. The Morgan fingerprint density at radius 3 is 2.60 bits per heavy atom. The Bertz CT molecular complexity index is 1430. The van der Waals surface area contributed by atoms with Gasteiger partial charge in [-0.15, -0.1) is 11.3 Å². The Labute approximate surface area is 210 Å². The van der Waals surface area contributed by atoms with Crippen LogP contribution in [0.2, 0.25) is 0 Å². The lowest BCUT2D eigenvalue weighted by molar-refractivity contribution is -0.384. The lowest BCUT2D eigenvalue weighted by atomic mass is 9.96. The number of thiophene rings is 1. The topological polar surface area (TPSA) is 120 Å². The van der Waals surface area contributed by atoms with Crippen molar-refractivity contribution in [1.29, 1.82) is 10.5 Å². The third kappa shape index (κ3) is 5.43. The van der Waals surface area contributed by atoms with Crippen LogP contribution in [-0.4, -0.2) is 10.8 Å². The van der Waals surface area contributed by atoms with Gasteiger partial charge in [0.1, 0.15) is 22.7 Å². The third-order valence-electron chi connectivity index (χ3n) is 5.63. The van der Waals surface area contributed by atoms with E-state index in [2.05, 4.69) is 11.4 Å². The van der Waals surface area contributed by atoms with E-state index < -0.39 is 10.8 Å². The predicted molar refractivity (Wildman–Crippen MR) is 136 cm³/mol. The van der Waals surface area contributed by atoms with Crippen molar-refractivity contribution in [3.05, 3.63) is 85.3 Å². The normalized spacial score (nSPS) is 12.8. The van der Waals surface area contributed by atoms with Crippen LogP contribution in [0.15, 0.2) is 57.8 Å². The summed E-state index contributed by atoms with van der Waals surface area (Å²) in [6.45, 7) is 1.98. The van der Waals surface area contributed by atoms with Crippen molar-refractivity contribution in [1.82, 2.24) is 0 Å². The van der Waals surface area contributed by atoms with Gasteiger partial charge in [0.2, 0.25) is 0 Å². The number of anilines is 1. The van der Waals surface area contributed by atoms with Crippen molar-refractivity contribution in [2.45, 2.75) is 42.4 Å². The predicted octanol–water partition coefficient (Wildman–Crippen LogP) is 6.41. The first-order chi connectivity index (χ1) is 16.9. The fourth-order valence-electron chi connectivity index (χ4n) is 3.84. The molecule has 4 rings (SSSR count). The van der Waals surface area contributed by atoms with Gasteiger partial charge in [-0.05, 0) is 68.0 Å². The number of amides is 1. The van der Waals surface area contributed by atoms with Crippen molar-refractivity contribution in [2.24, 2.45) is 0 Å². The summed E-state index contributed by atoms with van der Waals surface area (Å²) in [4.78, 5) is 26.5. The van der Waals surface area contributed by atoms with Gasteiger partial charge in [0, 0.05) is 26.8 Å². The molecule has 0 spiro atoms. The molecule has 0 aliphatic heterocycles. The number of nitriles is 2. The summed E-state index contributed by atoms with van der Waals surface area (Å²) in [5, 5.41) is 33.9. The molecule has 1 aliphatic carbocycles. The Balaban J connectivity index is 1.67. The fraction of sp³-hybridized carbons (Fsp3) is 0.192. The van der Waals surface area contributed by atoms with E-state index in [1.54, 1.807) is 6.07 Å². The highest BCUT2D eigenvalue weighted by Gasteiger charge is 2.23. The fourth-order valence-corrected chi connectivity index (χ4v) is 5.97. The number of hydrogen-bond donors (Lipinski definition) is 1. The number of rotatable bonds is 6. The summed E-state index contributed by atoms with van der Waals surface area (Å²) < 4.78 is 0. The second kappa shape index (κ2) is 10.6. The lowest BCUT2D eigenvalue weighted by Crippen LogP contribution is -2.13. The third-order valence-corrected chi connectivity index (χ3v) is 7.93. The highest BCUT2D eigenvalue weighted by atomic mass is 32.2. The lowest BCUT2D eigenvalue weighted by Gasteiger charge is -2.09. The molecule has 174 valence electrons. The van der Waals surface area contributed by atoms with E-state index in [0.29, 0.717) is 21.0 Å². The van der Waals surface area contributed by atoms with Crippen molar-refractivity contribution in [3.63, 3.8) is 0 Å². The van der Waals surface area contributed by atoms with Crippen molar-refractivity contribution in [3.8, 4) is 12.1 Å². The maximum atomic E-state index is 13.0. The van der Waals surface area contributed by atoms with Gasteiger partial charge in [-0.3, -0.25) is 14.9 Å². The number of nitro benzene ring substituents is 1. The Hall–Kier alpha value is -3.92. The second-order valence-corrected chi connectivity index (χ2v) is 10.3. The van der Waals surface area contributed by atoms with E-state index >= 15 is 0 Å². The number of hydrogen-bond acceptors (Lipinski definition) is 7. The largest absolute Gasteiger partial charge is 0.312 e. The minimum absolute atomic E-state index is 0.139. The summed E-state index contributed by atoms with van der Waals surface area (Å²) in [6.07, 6.45) is 5.09. The van der Waals surface area contributed by atoms with Crippen LogP contribution < -0.4 is 5.32 Å². The average Bonchev–Trinajstić information content (AvgIpc) is 3.21. The first kappa shape index (κ1) is 24.2. The minimum Gasteiger partial charge on any atom is -0.312 e. The van der Waals surface area contributed by atoms with Gasteiger partial charge in [-0.1, -0.05) is 29.5 Å². The number of aryl methyl sites for hydroxylation is 2. The van der Waals surface area contributed by atoms with E-state index in [4.69, 9.17) is 0 Å². The Morgan fingerprint density at radius 2 is 1.91 bits per heavy atom. The summed E-state index contributed by atoms with van der Waals surface area (Å²) in [5.41, 5.74) is 2.60. The molecule has 1 N–H and O–H groups in total. The molecule has 2 aromatic carbocycles. The highest BCUT2D eigenvalue weighted by molar-refractivity contribution is 7.99. The maximum Gasteiger partial charge on any atom is 0.270 e. The van der Waals surface area contributed by atoms with Crippen LogP contribution in [0.5, 0.6) is 0 Å². The van der Waals surface area contributed by atoms with Crippen molar-refractivity contribution >= 4 is 45.8 Å². The summed E-state index contributed by atoms with van der Waals surface area (Å²) in [6, 6.07) is 16.3. The van der Waals surface area contributed by atoms with E-state index in [-0.39, 0.29) is 11.3 Å². The van der Waals surface area contributed by atoms with E-state index in [0.717, 1.165) is 46.6 Å². The summed E-state index contributed by atoms with van der Waals surface area (Å²) >= 11 is 2.76. The van der Waals surface area contributed by atoms with Gasteiger partial charge < -0.3 is 5.32 Å². The number of carbonyl (C=O) groups is 1. The van der Waals surface area contributed by atoms with Crippen LogP contribution in [0.25, 0.3) is 6.08 Å². The first-order valence-electron chi connectivity index (χ1n) is 10.9. The molecule has 0 fully saturated rings. The molecule has 0 radical (unpaired) electrons. The van der Waals surface area contributed by atoms with E-state index in [9.17, 15) is 25.4 Å². The number of fused-ring (bicyclic) bond motifs is 1. The molecule has 1 aliphatic rings.